The van der Waals surface area contributed by atoms with Gasteiger partial charge in [0.25, 0.3) is 0 Å². The third kappa shape index (κ3) is 2.66. The molecule has 0 spiro atoms. The third-order valence-corrected chi connectivity index (χ3v) is 3.71. The number of carbonyl (C=O) groups is 1. The van der Waals surface area contributed by atoms with Crippen molar-refractivity contribution in [3.8, 4) is 11.5 Å². The molecule has 1 N–H and O–H groups in total. The Labute approximate surface area is 124 Å². The van der Waals surface area contributed by atoms with Crippen molar-refractivity contribution in [2.24, 2.45) is 0 Å². The van der Waals surface area contributed by atoms with Gasteiger partial charge in [-0.3, -0.25) is 0 Å². The summed E-state index contributed by atoms with van der Waals surface area (Å²) < 4.78 is 10.5. The number of hydrogen-bond donors (Lipinski definition) is 1. The molecule has 0 fully saturated rings. The molecule has 112 valence electrons. The lowest BCUT2D eigenvalue weighted by molar-refractivity contribution is 0.0533. The Kier molecular flexibility index (Phi) is 4.36. The Balaban J connectivity index is 2.55. The fraction of sp³-hybridized carbons (Fsp3) is 0.353. The normalized spacial score (nSPS) is 14.5. The van der Waals surface area contributed by atoms with Gasteiger partial charge in [-0.25, -0.2) is 4.79 Å². The van der Waals surface area contributed by atoms with Gasteiger partial charge in [-0.15, -0.1) is 0 Å². The highest BCUT2D eigenvalue weighted by Gasteiger charge is 2.31. The fourth-order valence-corrected chi connectivity index (χ4v) is 2.62. The van der Waals surface area contributed by atoms with E-state index in [2.05, 4.69) is 0 Å². The highest BCUT2D eigenvalue weighted by Crippen LogP contribution is 2.41. The molecule has 21 heavy (non-hydrogen) atoms. The van der Waals surface area contributed by atoms with Crippen LogP contribution in [0.5, 0.6) is 11.5 Å². The molecule has 1 aliphatic heterocycles. The van der Waals surface area contributed by atoms with Crippen LogP contribution in [0.1, 0.15) is 40.9 Å². The first-order valence-corrected chi connectivity index (χ1v) is 6.89. The molecule has 1 aromatic carbocycles. The molecule has 0 saturated carbocycles. The number of hydrogen-bond acceptors (Lipinski definition) is 4. The number of cyclic esters (lactones) is 1. The van der Waals surface area contributed by atoms with Crippen molar-refractivity contribution in [1.82, 2.24) is 0 Å². The van der Waals surface area contributed by atoms with Gasteiger partial charge in [-0.2, -0.15) is 0 Å². The van der Waals surface area contributed by atoms with Crippen LogP contribution in [-0.4, -0.2) is 18.2 Å². The molecule has 1 aromatic rings. The summed E-state index contributed by atoms with van der Waals surface area (Å²) in [5.41, 5.74) is 3.55. The fourth-order valence-electron chi connectivity index (χ4n) is 2.62. The van der Waals surface area contributed by atoms with Gasteiger partial charge in [0.05, 0.1) is 7.11 Å². The maximum Gasteiger partial charge on any atom is 0.342 e. The average molecular weight is 288 g/mol. The number of fused-ring (bicyclic) bond motifs is 1. The van der Waals surface area contributed by atoms with Gasteiger partial charge in [0.1, 0.15) is 23.7 Å². The zero-order chi connectivity index (χ0) is 15.6. The Bertz CT molecular complexity index is 639. The van der Waals surface area contributed by atoms with Crippen LogP contribution in [0.3, 0.4) is 0 Å². The van der Waals surface area contributed by atoms with Crippen LogP contribution in [0.2, 0.25) is 0 Å². The topological polar surface area (TPSA) is 55.8 Å². The van der Waals surface area contributed by atoms with Crippen LogP contribution >= 0.6 is 0 Å². The van der Waals surface area contributed by atoms with Crippen molar-refractivity contribution < 1.29 is 19.4 Å². The van der Waals surface area contributed by atoms with Crippen molar-refractivity contribution in [3.05, 3.63) is 46.1 Å². The second-order valence-corrected chi connectivity index (χ2v) is 5.07. The van der Waals surface area contributed by atoms with Crippen LogP contribution < -0.4 is 4.74 Å². The van der Waals surface area contributed by atoms with E-state index in [1.807, 2.05) is 39.0 Å². The quantitative estimate of drug-likeness (QED) is 0.681. The predicted molar refractivity (Wildman–Crippen MR) is 80.8 cm³/mol. The number of phenolic OH excluding ortho intramolecular Hbond substituents is 1. The second-order valence-electron chi connectivity index (χ2n) is 5.07. The second kappa shape index (κ2) is 6.04. The summed E-state index contributed by atoms with van der Waals surface area (Å²) in [4.78, 5) is 11.8. The number of phenols is 1. The molecule has 0 unspecified atom stereocenters. The van der Waals surface area contributed by atoms with Gasteiger partial charge >= 0.3 is 5.97 Å². The zero-order valence-corrected chi connectivity index (χ0v) is 12.8. The number of methoxy groups -OCH3 is 1. The molecule has 0 amide bonds. The van der Waals surface area contributed by atoms with E-state index in [9.17, 15) is 9.90 Å². The minimum absolute atomic E-state index is 0.0283. The van der Waals surface area contributed by atoms with Gasteiger partial charge in [0.15, 0.2) is 0 Å². The van der Waals surface area contributed by atoms with Gasteiger partial charge in [0.2, 0.25) is 0 Å². The Morgan fingerprint density at radius 1 is 1.48 bits per heavy atom. The lowest BCUT2D eigenvalue weighted by Crippen LogP contribution is -2.03. The third-order valence-electron chi connectivity index (χ3n) is 3.71. The summed E-state index contributed by atoms with van der Waals surface area (Å²) in [7, 11) is 1.57. The number of benzene rings is 1. The summed E-state index contributed by atoms with van der Waals surface area (Å²) in [5.74, 6) is 0.122. The van der Waals surface area contributed by atoms with E-state index in [0.29, 0.717) is 23.3 Å². The summed E-state index contributed by atoms with van der Waals surface area (Å²) in [6.07, 6.45) is 6.42. The van der Waals surface area contributed by atoms with Crippen molar-refractivity contribution in [2.45, 2.75) is 33.8 Å². The van der Waals surface area contributed by atoms with Crippen LogP contribution in [0.25, 0.3) is 0 Å². The molecule has 0 bridgehead atoms. The van der Waals surface area contributed by atoms with E-state index in [1.54, 1.807) is 7.11 Å². The number of allylic oxidation sites excluding steroid dienone is 4. The van der Waals surface area contributed by atoms with E-state index in [1.165, 1.54) is 0 Å². The Hall–Kier alpha value is -2.23. The lowest BCUT2D eigenvalue weighted by Gasteiger charge is -2.15. The van der Waals surface area contributed by atoms with E-state index in [-0.39, 0.29) is 17.9 Å². The molecule has 0 radical (unpaired) electrons. The van der Waals surface area contributed by atoms with Crippen molar-refractivity contribution in [3.63, 3.8) is 0 Å². The molecule has 2 rings (SSSR count). The molecule has 1 aliphatic rings. The summed E-state index contributed by atoms with van der Waals surface area (Å²) >= 11 is 0. The van der Waals surface area contributed by atoms with Crippen molar-refractivity contribution >= 4 is 5.97 Å². The Morgan fingerprint density at radius 2 is 2.19 bits per heavy atom. The van der Waals surface area contributed by atoms with E-state index in [4.69, 9.17) is 9.47 Å². The molecular formula is C17H20O4. The van der Waals surface area contributed by atoms with Gasteiger partial charge in [-0.1, -0.05) is 23.8 Å². The van der Waals surface area contributed by atoms with Crippen LogP contribution in [0.4, 0.5) is 0 Å². The van der Waals surface area contributed by atoms with Crippen molar-refractivity contribution in [1.29, 1.82) is 0 Å². The highest BCUT2D eigenvalue weighted by molar-refractivity contribution is 5.98. The van der Waals surface area contributed by atoms with Crippen molar-refractivity contribution in [2.75, 3.05) is 7.11 Å². The SMILES string of the molecule is C/C=C/C(C)=C/Cc1c(O)c2c(c(C)c1OC)COC2=O. The number of aromatic hydroxyl groups is 1. The molecule has 0 aliphatic carbocycles. The van der Waals surface area contributed by atoms with Crippen LogP contribution in [0.15, 0.2) is 23.8 Å². The molecule has 4 heteroatoms. The zero-order valence-electron chi connectivity index (χ0n) is 12.8. The molecule has 0 aromatic heterocycles. The van der Waals surface area contributed by atoms with E-state index in [0.717, 1.165) is 11.1 Å². The van der Waals surface area contributed by atoms with Gasteiger partial charge in [-0.05, 0) is 32.8 Å². The molecule has 0 saturated heterocycles. The lowest BCUT2D eigenvalue weighted by atomic mass is 9.95. The minimum Gasteiger partial charge on any atom is -0.507 e. The van der Waals surface area contributed by atoms with E-state index < -0.39 is 5.97 Å². The predicted octanol–water partition coefficient (Wildman–Crippen LogP) is 3.44. The average Bonchev–Trinajstić information content (AvgIpc) is 2.84. The first-order chi connectivity index (χ1) is 10.0. The molecule has 0 atom stereocenters. The maximum atomic E-state index is 11.8. The van der Waals surface area contributed by atoms with Gasteiger partial charge in [0, 0.05) is 11.1 Å². The standard InChI is InChI=1S/C17H20O4/c1-5-6-10(2)7-8-12-15(18)14-13(9-21-17(14)19)11(3)16(12)20-4/h5-7,18H,8-9H2,1-4H3/b6-5+,10-7+. The smallest absolute Gasteiger partial charge is 0.342 e. The maximum absolute atomic E-state index is 11.8. The number of esters is 1. The molecule has 4 nitrogen and oxygen atoms in total. The van der Waals surface area contributed by atoms with E-state index >= 15 is 0 Å². The van der Waals surface area contributed by atoms with Crippen LogP contribution in [-0.2, 0) is 17.8 Å². The summed E-state index contributed by atoms with van der Waals surface area (Å²) in [5, 5.41) is 10.4. The number of rotatable bonds is 4. The summed E-state index contributed by atoms with van der Waals surface area (Å²) in [6.45, 7) is 6.01. The monoisotopic (exact) mass is 288 g/mol. The van der Waals surface area contributed by atoms with Gasteiger partial charge < -0.3 is 14.6 Å². The first-order valence-electron chi connectivity index (χ1n) is 6.89. The Morgan fingerprint density at radius 3 is 2.81 bits per heavy atom. The minimum atomic E-state index is -0.469. The first kappa shape index (κ1) is 15.2. The summed E-state index contributed by atoms with van der Waals surface area (Å²) in [6, 6.07) is 0. The highest BCUT2D eigenvalue weighted by atomic mass is 16.5. The molecule has 1 heterocycles. The number of carbonyl (C=O) groups excluding carboxylic acids is 1. The van der Waals surface area contributed by atoms with Crippen LogP contribution in [0, 0.1) is 6.92 Å². The largest absolute Gasteiger partial charge is 0.507 e. The number of ether oxygens (including phenoxy) is 2. The molecular weight excluding hydrogens is 268 g/mol.